The van der Waals surface area contributed by atoms with Crippen molar-refractivity contribution < 1.29 is 15.0 Å². The molecule has 0 aliphatic heterocycles. The maximum Gasteiger partial charge on any atom is 0.337 e. The number of phenols is 1. The highest BCUT2D eigenvalue weighted by molar-refractivity contribution is 5.89. The summed E-state index contributed by atoms with van der Waals surface area (Å²) < 4.78 is 1.74. The number of nitrogens with zero attached hydrogens (tertiary/aromatic N) is 3. The maximum absolute atomic E-state index is 11.7. The summed E-state index contributed by atoms with van der Waals surface area (Å²) in [5.74, 6) is 9.37. The molecule has 8 nitrogen and oxygen atoms in total. The van der Waals surface area contributed by atoms with Crippen LogP contribution in [0.5, 0.6) is 5.75 Å². The van der Waals surface area contributed by atoms with Gasteiger partial charge in [-0.2, -0.15) is 10.2 Å². The second kappa shape index (κ2) is 8.75. The van der Waals surface area contributed by atoms with E-state index in [1.54, 1.807) is 41.4 Å². The summed E-state index contributed by atoms with van der Waals surface area (Å²) in [7, 11) is 0. The minimum Gasteiger partial charge on any atom is -0.507 e. The van der Waals surface area contributed by atoms with Gasteiger partial charge in [0.2, 0.25) is 0 Å². The molecule has 148 valence electrons. The fourth-order valence-electron chi connectivity index (χ4n) is 3.13. The third-order valence-electron chi connectivity index (χ3n) is 4.51. The lowest BCUT2D eigenvalue weighted by molar-refractivity contribution is 0.0696. The molecule has 29 heavy (non-hydrogen) atoms. The van der Waals surface area contributed by atoms with Crippen molar-refractivity contribution in [3.05, 3.63) is 88.2 Å². The number of benzene rings is 2. The van der Waals surface area contributed by atoms with Gasteiger partial charge in [0.25, 0.3) is 0 Å². The van der Waals surface area contributed by atoms with Crippen LogP contribution in [0.3, 0.4) is 0 Å². The highest BCUT2D eigenvalue weighted by Crippen LogP contribution is 2.24. The fourth-order valence-corrected chi connectivity index (χ4v) is 3.13. The maximum atomic E-state index is 11.7. The third kappa shape index (κ3) is 4.62. The SMILES string of the molecule is N/N=C\c1ccc(Cc2cn(Cc3cccc(/C=N\N)c3O)cc2C(=O)O)cc1. The average Bonchev–Trinajstić information content (AvgIpc) is 3.09. The zero-order chi connectivity index (χ0) is 20.8. The molecule has 8 heteroatoms. The largest absolute Gasteiger partial charge is 0.507 e. The first-order chi connectivity index (χ1) is 14.0. The molecule has 0 atom stereocenters. The number of aromatic carboxylic acids is 1. The zero-order valence-electron chi connectivity index (χ0n) is 15.6. The molecule has 0 saturated heterocycles. The molecule has 3 rings (SSSR count). The van der Waals surface area contributed by atoms with Crippen LogP contribution in [0.15, 0.2) is 65.1 Å². The molecule has 0 aliphatic carbocycles. The summed E-state index contributed by atoms with van der Waals surface area (Å²) in [5, 5.41) is 26.9. The van der Waals surface area contributed by atoms with Gasteiger partial charge in [-0.25, -0.2) is 4.79 Å². The Morgan fingerprint density at radius 1 is 1.00 bits per heavy atom. The van der Waals surface area contributed by atoms with Crippen LogP contribution >= 0.6 is 0 Å². The number of aromatic nitrogens is 1. The van der Waals surface area contributed by atoms with E-state index in [2.05, 4.69) is 10.2 Å². The Balaban J connectivity index is 1.87. The Kier molecular flexibility index (Phi) is 5.94. The molecule has 6 N–H and O–H groups in total. The molecule has 0 saturated carbocycles. The van der Waals surface area contributed by atoms with Crippen molar-refractivity contribution in [2.24, 2.45) is 21.9 Å². The molecular formula is C21H21N5O3. The Bertz CT molecular complexity index is 1070. The second-order valence-electron chi connectivity index (χ2n) is 6.50. The minimum absolute atomic E-state index is 0.0611. The summed E-state index contributed by atoms with van der Waals surface area (Å²) >= 11 is 0. The number of hydrazone groups is 2. The lowest BCUT2D eigenvalue weighted by Crippen LogP contribution is -2.00. The Hall–Kier alpha value is -4.07. The van der Waals surface area contributed by atoms with Gasteiger partial charge in [-0.1, -0.05) is 36.4 Å². The molecule has 1 aromatic heterocycles. The first-order valence-corrected chi connectivity index (χ1v) is 8.80. The summed E-state index contributed by atoms with van der Waals surface area (Å²) in [6.45, 7) is 0.310. The molecule has 0 amide bonds. The van der Waals surface area contributed by atoms with Crippen molar-refractivity contribution in [1.82, 2.24) is 4.57 Å². The van der Waals surface area contributed by atoms with Gasteiger partial charge in [0.15, 0.2) is 0 Å². The molecule has 0 radical (unpaired) electrons. The van der Waals surface area contributed by atoms with Gasteiger partial charge in [0, 0.05) is 23.5 Å². The number of rotatable bonds is 7. The standard InChI is InChI=1S/C21H21N5O3/c22-24-9-15-6-4-14(5-7-15)8-18-12-26(13-19(18)21(28)29)11-17-3-1-2-16(10-25-23)20(17)27/h1-7,9-10,12-13,27H,8,11,22-23H2,(H,28,29)/b24-9-,25-10-. The highest BCUT2D eigenvalue weighted by Gasteiger charge is 2.15. The van der Waals surface area contributed by atoms with Crippen LogP contribution in [0.25, 0.3) is 0 Å². The van der Waals surface area contributed by atoms with Crippen LogP contribution in [-0.4, -0.2) is 33.2 Å². The number of hydrogen-bond acceptors (Lipinski definition) is 6. The summed E-state index contributed by atoms with van der Waals surface area (Å²) in [6.07, 6.45) is 6.71. The van der Waals surface area contributed by atoms with E-state index in [1.165, 1.54) is 6.21 Å². The van der Waals surface area contributed by atoms with Gasteiger partial charge in [-0.05, 0) is 29.2 Å². The number of para-hydroxylation sites is 1. The van der Waals surface area contributed by atoms with E-state index in [9.17, 15) is 15.0 Å². The van der Waals surface area contributed by atoms with Crippen LogP contribution in [0.4, 0.5) is 0 Å². The number of carboxylic acids is 1. The molecule has 0 aliphatic rings. The van der Waals surface area contributed by atoms with E-state index in [0.29, 0.717) is 29.7 Å². The van der Waals surface area contributed by atoms with Gasteiger partial charge in [-0.3, -0.25) is 0 Å². The van der Waals surface area contributed by atoms with Gasteiger partial charge in [-0.15, -0.1) is 0 Å². The van der Waals surface area contributed by atoms with Crippen LogP contribution in [0, 0.1) is 0 Å². The number of aromatic hydroxyl groups is 1. The number of nitrogens with two attached hydrogens (primary N) is 2. The average molecular weight is 391 g/mol. The van der Waals surface area contributed by atoms with Crippen LogP contribution in [0.1, 0.15) is 38.2 Å². The van der Waals surface area contributed by atoms with E-state index in [4.69, 9.17) is 11.7 Å². The summed E-state index contributed by atoms with van der Waals surface area (Å²) in [5.41, 5.74) is 3.85. The molecule has 0 fully saturated rings. The predicted molar refractivity (Wildman–Crippen MR) is 111 cm³/mol. The van der Waals surface area contributed by atoms with Crippen LogP contribution in [0.2, 0.25) is 0 Å². The smallest absolute Gasteiger partial charge is 0.337 e. The van der Waals surface area contributed by atoms with Crippen molar-refractivity contribution in [2.75, 3.05) is 0 Å². The van der Waals surface area contributed by atoms with Crippen molar-refractivity contribution >= 4 is 18.4 Å². The normalized spacial score (nSPS) is 11.4. The Labute approximate surface area is 167 Å². The molecule has 0 spiro atoms. The molecule has 0 bridgehead atoms. The third-order valence-corrected chi connectivity index (χ3v) is 4.51. The van der Waals surface area contributed by atoms with Crippen molar-refractivity contribution in [2.45, 2.75) is 13.0 Å². The van der Waals surface area contributed by atoms with E-state index < -0.39 is 5.97 Å². The summed E-state index contributed by atoms with van der Waals surface area (Å²) in [4.78, 5) is 11.7. The monoisotopic (exact) mass is 391 g/mol. The van der Waals surface area contributed by atoms with Crippen molar-refractivity contribution in [3.8, 4) is 5.75 Å². The molecule has 1 heterocycles. The number of phenolic OH excluding ortho intramolecular Hbond substituents is 1. The van der Waals surface area contributed by atoms with Crippen molar-refractivity contribution in [1.29, 1.82) is 0 Å². The first-order valence-electron chi connectivity index (χ1n) is 8.80. The van der Waals surface area contributed by atoms with E-state index in [1.807, 2.05) is 24.3 Å². The highest BCUT2D eigenvalue weighted by atomic mass is 16.4. The van der Waals surface area contributed by atoms with Gasteiger partial charge >= 0.3 is 5.97 Å². The number of hydrogen-bond donors (Lipinski definition) is 4. The molecule has 2 aromatic carbocycles. The molecule has 3 aromatic rings. The fraction of sp³-hybridized carbons (Fsp3) is 0.0952. The first kappa shape index (κ1) is 19.7. The minimum atomic E-state index is -1.00. The van der Waals surface area contributed by atoms with Gasteiger partial charge in [0.05, 0.1) is 24.5 Å². The Morgan fingerprint density at radius 2 is 1.72 bits per heavy atom. The second-order valence-corrected chi connectivity index (χ2v) is 6.50. The van der Waals surface area contributed by atoms with Gasteiger partial charge < -0.3 is 26.5 Å². The molecular weight excluding hydrogens is 370 g/mol. The Morgan fingerprint density at radius 3 is 2.38 bits per heavy atom. The lowest BCUT2D eigenvalue weighted by Gasteiger charge is -2.08. The van der Waals surface area contributed by atoms with E-state index in [0.717, 1.165) is 11.1 Å². The predicted octanol–water partition coefficient (Wildman–Crippen LogP) is 2.12. The van der Waals surface area contributed by atoms with Crippen LogP contribution in [-0.2, 0) is 13.0 Å². The van der Waals surface area contributed by atoms with E-state index >= 15 is 0 Å². The topological polar surface area (TPSA) is 139 Å². The summed E-state index contributed by atoms with van der Waals surface area (Å²) in [6, 6.07) is 12.8. The van der Waals surface area contributed by atoms with E-state index in [-0.39, 0.29) is 11.3 Å². The number of carboxylic acid groups (broad SMARTS) is 1. The van der Waals surface area contributed by atoms with Crippen molar-refractivity contribution in [3.63, 3.8) is 0 Å². The lowest BCUT2D eigenvalue weighted by atomic mass is 10.0. The quantitative estimate of drug-likeness (QED) is 0.277. The zero-order valence-corrected chi connectivity index (χ0v) is 15.6. The van der Waals surface area contributed by atoms with Crippen LogP contribution < -0.4 is 11.7 Å². The van der Waals surface area contributed by atoms with Gasteiger partial charge in [0.1, 0.15) is 5.75 Å². The number of carbonyl (C=O) groups is 1. The molecule has 0 unspecified atom stereocenters.